The standard InChI is InChI=1S/C21H16ClN3O4/c22-19-11-6-16(12-20(19)25(27)28)13-23-24-21(26)17-7-9-18(10-8-17)29-14-15-4-2-1-3-5-15/h1-13H,14H2,(H,24,26). The van der Waals surface area contributed by atoms with Gasteiger partial charge in [-0.25, -0.2) is 5.43 Å². The molecule has 3 aromatic carbocycles. The van der Waals surface area contributed by atoms with Crippen LogP contribution in [0.2, 0.25) is 5.02 Å². The zero-order valence-electron chi connectivity index (χ0n) is 15.1. The monoisotopic (exact) mass is 409 g/mol. The lowest BCUT2D eigenvalue weighted by Crippen LogP contribution is -2.17. The van der Waals surface area contributed by atoms with Gasteiger partial charge in [-0.05, 0) is 35.9 Å². The molecule has 0 unspecified atom stereocenters. The number of hydrazone groups is 1. The summed E-state index contributed by atoms with van der Waals surface area (Å²) in [6.45, 7) is 0.434. The molecule has 3 rings (SSSR count). The largest absolute Gasteiger partial charge is 0.489 e. The van der Waals surface area contributed by atoms with E-state index in [9.17, 15) is 14.9 Å². The maximum atomic E-state index is 12.2. The van der Waals surface area contributed by atoms with E-state index in [0.717, 1.165) is 5.56 Å². The lowest BCUT2D eigenvalue weighted by molar-refractivity contribution is -0.384. The summed E-state index contributed by atoms with van der Waals surface area (Å²) in [5.74, 6) is 0.224. The van der Waals surface area contributed by atoms with Gasteiger partial charge >= 0.3 is 0 Å². The van der Waals surface area contributed by atoms with Gasteiger partial charge in [0, 0.05) is 17.2 Å². The molecule has 0 aliphatic carbocycles. The number of nitro groups is 1. The van der Waals surface area contributed by atoms with Crippen LogP contribution in [0.15, 0.2) is 77.9 Å². The van der Waals surface area contributed by atoms with E-state index >= 15 is 0 Å². The summed E-state index contributed by atoms with van der Waals surface area (Å²) in [6, 6.07) is 20.6. The number of nitro benzene ring substituents is 1. The van der Waals surface area contributed by atoms with Gasteiger partial charge in [-0.3, -0.25) is 14.9 Å². The van der Waals surface area contributed by atoms with Crippen molar-refractivity contribution in [3.05, 3.63) is 105 Å². The first-order valence-electron chi connectivity index (χ1n) is 8.57. The third-order valence-electron chi connectivity index (χ3n) is 3.91. The number of nitrogens with one attached hydrogen (secondary N) is 1. The number of halogens is 1. The van der Waals surface area contributed by atoms with Crippen molar-refractivity contribution in [2.45, 2.75) is 6.61 Å². The molecule has 0 aliphatic rings. The number of hydrogen-bond acceptors (Lipinski definition) is 5. The van der Waals surface area contributed by atoms with Gasteiger partial charge in [-0.2, -0.15) is 5.10 Å². The number of nitrogens with zero attached hydrogens (tertiary/aromatic N) is 2. The van der Waals surface area contributed by atoms with E-state index in [0.29, 0.717) is 23.5 Å². The summed E-state index contributed by atoms with van der Waals surface area (Å²) >= 11 is 5.76. The first-order chi connectivity index (χ1) is 14.0. The Bertz CT molecular complexity index is 1040. The Morgan fingerprint density at radius 1 is 1.10 bits per heavy atom. The summed E-state index contributed by atoms with van der Waals surface area (Å²) < 4.78 is 5.68. The maximum Gasteiger partial charge on any atom is 0.288 e. The fraction of sp³-hybridized carbons (Fsp3) is 0.0476. The lowest BCUT2D eigenvalue weighted by atomic mass is 10.2. The highest BCUT2D eigenvalue weighted by atomic mass is 35.5. The predicted octanol–water partition coefficient (Wildman–Crippen LogP) is 4.59. The molecule has 146 valence electrons. The van der Waals surface area contributed by atoms with Crippen molar-refractivity contribution in [1.29, 1.82) is 0 Å². The molecule has 7 nitrogen and oxygen atoms in total. The first kappa shape index (κ1) is 20.0. The van der Waals surface area contributed by atoms with E-state index in [4.69, 9.17) is 16.3 Å². The highest BCUT2D eigenvalue weighted by molar-refractivity contribution is 6.32. The quantitative estimate of drug-likeness (QED) is 0.351. The summed E-state index contributed by atoms with van der Waals surface area (Å²) in [6.07, 6.45) is 1.30. The second-order valence-corrected chi connectivity index (χ2v) is 6.37. The first-order valence-corrected chi connectivity index (χ1v) is 8.95. The number of carbonyl (C=O) groups excluding carboxylic acids is 1. The average Bonchev–Trinajstić information content (AvgIpc) is 2.74. The Hall–Kier alpha value is -3.71. The van der Waals surface area contributed by atoms with Crippen molar-refractivity contribution >= 4 is 29.4 Å². The number of carbonyl (C=O) groups is 1. The molecule has 29 heavy (non-hydrogen) atoms. The summed E-state index contributed by atoms with van der Waals surface area (Å²) in [5.41, 5.74) is 4.03. The Morgan fingerprint density at radius 2 is 1.83 bits per heavy atom. The van der Waals surface area contributed by atoms with E-state index in [1.807, 2.05) is 30.3 Å². The van der Waals surface area contributed by atoms with Gasteiger partial charge in [0.2, 0.25) is 0 Å². The summed E-state index contributed by atoms with van der Waals surface area (Å²) in [4.78, 5) is 22.5. The number of benzene rings is 3. The molecule has 0 bridgehead atoms. The van der Waals surface area contributed by atoms with Gasteiger partial charge < -0.3 is 4.74 Å². The number of amides is 1. The Labute approximate surface area is 171 Å². The van der Waals surface area contributed by atoms with Gasteiger partial charge in [0.15, 0.2) is 0 Å². The third kappa shape index (κ3) is 5.63. The van der Waals surface area contributed by atoms with Crippen LogP contribution in [0.25, 0.3) is 0 Å². The van der Waals surface area contributed by atoms with E-state index in [1.54, 1.807) is 30.3 Å². The molecule has 0 fully saturated rings. The molecule has 3 aromatic rings. The summed E-state index contributed by atoms with van der Waals surface area (Å²) in [7, 11) is 0. The molecule has 0 spiro atoms. The molecule has 0 heterocycles. The maximum absolute atomic E-state index is 12.2. The Morgan fingerprint density at radius 3 is 2.52 bits per heavy atom. The minimum Gasteiger partial charge on any atom is -0.489 e. The molecular formula is C21H16ClN3O4. The van der Waals surface area contributed by atoms with E-state index < -0.39 is 10.8 Å². The van der Waals surface area contributed by atoms with E-state index in [2.05, 4.69) is 10.5 Å². The van der Waals surface area contributed by atoms with Crippen molar-refractivity contribution in [1.82, 2.24) is 5.43 Å². The third-order valence-corrected chi connectivity index (χ3v) is 4.23. The van der Waals surface area contributed by atoms with Crippen LogP contribution in [0.4, 0.5) is 5.69 Å². The molecule has 0 saturated carbocycles. The van der Waals surface area contributed by atoms with Crippen LogP contribution in [0.3, 0.4) is 0 Å². The highest BCUT2D eigenvalue weighted by Crippen LogP contribution is 2.24. The fourth-order valence-electron chi connectivity index (χ4n) is 2.42. The molecule has 1 amide bonds. The molecule has 8 heteroatoms. The molecule has 0 atom stereocenters. The van der Waals surface area contributed by atoms with Crippen molar-refractivity contribution in [2.75, 3.05) is 0 Å². The van der Waals surface area contributed by atoms with Gasteiger partial charge in [-0.15, -0.1) is 0 Å². The van der Waals surface area contributed by atoms with Crippen molar-refractivity contribution in [3.8, 4) is 5.75 Å². The van der Waals surface area contributed by atoms with Gasteiger partial charge in [0.05, 0.1) is 11.1 Å². The smallest absolute Gasteiger partial charge is 0.288 e. The van der Waals surface area contributed by atoms with Crippen LogP contribution in [-0.4, -0.2) is 17.0 Å². The molecule has 1 N–H and O–H groups in total. The molecule has 0 saturated heterocycles. The predicted molar refractivity (Wildman–Crippen MR) is 110 cm³/mol. The number of ether oxygens (including phenoxy) is 1. The molecule has 0 aromatic heterocycles. The average molecular weight is 410 g/mol. The topological polar surface area (TPSA) is 93.8 Å². The second-order valence-electron chi connectivity index (χ2n) is 5.97. The van der Waals surface area contributed by atoms with Gasteiger partial charge in [0.1, 0.15) is 17.4 Å². The Balaban J connectivity index is 1.56. The van der Waals surface area contributed by atoms with Crippen LogP contribution in [0.5, 0.6) is 5.75 Å². The van der Waals surface area contributed by atoms with Crippen molar-refractivity contribution in [3.63, 3.8) is 0 Å². The van der Waals surface area contributed by atoms with Crippen molar-refractivity contribution in [2.24, 2.45) is 5.10 Å². The fourth-order valence-corrected chi connectivity index (χ4v) is 2.61. The van der Waals surface area contributed by atoms with Crippen molar-refractivity contribution < 1.29 is 14.5 Å². The van der Waals surface area contributed by atoms with Crippen LogP contribution < -0.4 is 10.2 Å². The van der Waals surface area contributed by atoms with E-state index in [1.165, 1.54) is 18.3 Å². The normalized spacial score (nSPS) is 10.7. The number of rotatable bonds is 7. The van der Waals surface area contributed by atoms with Crippen LogP contribution in [0.1, 0.15) is 21.5 Å². The van der Waals surface area contributed by atoms with Gasteiger partial charge in [0.25, 0.3) is 11.6 Å². The molecular weight excluding hydrogens is 394 g/mol. The number of hydrogen-bond donors (Lipinski definition) is 1. The Kier molecular flexibility index (Phi) is 6.55. The van der Waals surface area contributed by atoms with Crippen LogP contribution in [0, 0.1) is 10.1 Å². The lowest BCUT2D eigenvalue weighted by Gasteiger charge is -2.07. The zero-order valence-corrected chi connectivity index (χ0v) is 15.9. The SMILES string of the molecule is O=C(NN=Cc1ccc(Cl)c([N+](=O)[O-])c1)c1ccc(OCc2ccccc2)cc1. The zero-order chi connectivity index (χ0) is 20.6. The highest BCUT2D eigenvalue weighted by Gasteiger charge is 2.12. The van der Waals surface area contributed by atoms with E-state index in [-0.39, 0.29) is 10.7 Å². The van der Waals surface area contributed by atoms with Gasteiger partial charge in [-0.1, -0.05) is 48.0 Å². The van der Waals surface area contributed by atoms with Crippen LogP contribution in [-0.2, 0) is 6.61 Å². The molecule has 0 aliphatic heterocycles. The summed E-state index contributed by atoms with van der Waals surface area (Å²) in [5, 5.41) is 14.8. The minimum atomic E-state index is -0.584. The second kappa shape index (κ2) is 9.48. The minimum absolute atomic E-state index is 0.0331. The van der Waals surface area contributed by atoms with Crippen LogP contribution >= 0.6 is 11.6 Å². The molecule has 0 radical (unpaired) electrons.